The molecule has 0 N–H and O–H groups in total. The standard InChI is InChI=1S/C13H8BrF2NO/c1-7(18)9-2-3-10(15)12(13(9)14)8-4-5-17-11(16)6-8/h2-6H,1H3. The monoisotopic (exact) mass is 311 g/mol. The van der Waals surface area contributed by atoms with Gasteiger partial charge in [-0.1, -0.05) is 0 Å². The van der Waals surface area contributed by atoms with E-state index in [1.54, 1.807) is 0 Å². The van der Waals surface area contributed by atoms with E-state index in [0.717, 1.165) is 6.07 Å². The first kappa shape index (κ1) is 12.8. The maximum absolute atomic E-state index is 13.8. The lowest BCUT2D eigenvalue weighted by Crippen LogP contribution is -1.98. The molecule has 0 bridgehead atoms. The Hall–Kier alpha value is -1.62. The van der Waals surface area contributed by atoms with Crippen LogP contribution in [0.5, 0.6) is 0 Å². The molecule has 0 spiro atoms. The molecule has 5 heteroatoms. The molecule has 0 atom stereocenters. The molecule has 2 rings (SSSR count). The van der Waals surface area contributed by atoms with Gasteiger partial charge in [-0.05, 0) is 46.6 Å². The number of hydrogen-bond acceptors (Lipinski definition) is 2. The third kappa shape index (κ3) is 2.31. The van der Waals surface area contributed by atoms with Gasteiger partial charge in [0, 0.05) is 27.9 Å². The highest BCUT2D eigenvalue weighted by Gasteiger charge is 2.16. The van der Waals surface area contributed by atoms with Crippen LogP contribution in [0, 0.1) is 11.8 Å². The van der Waals surface area contributed by atoms with Gasteiger partial charge in [0.25, 0.3) is 0 Å². The van der Waals surface area contributed by atoms with Crippen LogP contribution < -0.4 is 0 Å². The average molecular weight is 312 g/mol. The average Bonchev–Trinajstić information content (AvgIpc) is 2.28. The molecule has 0 radical (unpaired) electrons. The molecule has 2 nitrogen and oxygen atoms in total. The van der Waals surface area contributed by atoms with E-state index < -0.39 is 11.8 Å². The lowest BCUT2D eigenvalue weighted by Gasteiger charge is -2.09. The highest BCUT2D eigenvalue weighted by atomic mass is 79.9. The van der Waals surface area contributed by atoms with Gasteiger partial charge < -0.3 is 0 Å². The number of rotatable bonds is 2. The van der Waals surface area contributed by atoms with Crippen LogP contribution in [0.4, 0.5) is 8.78 Å². The van der Waals surface area contributed by atoms with Gasteiger partial charge in [-0.2, -0.15) is 4.39 Å². The molecular formula is C13H8BrF2NO. The smallest absolute Gasteiger partial charge is 0.213 e. The van der Waals surface area contributed by atoms with Gasteiger partial charge >= 0.3 is 0 Å². The first-order chi connectivity index (χ1) is 8.50. The van der Waals surface area contributed by atoms with Gasteiger partial charge in [0.1, 0.15) is 5.82 Å². The van der Waals surface area contributed by atoms with Crippen molar-refractivity contribution in [3.8, 4) is 11.1 Å². The van der Waals surface area contributed by atoms with Gasteiger partial charge in [0.2, 0.25) is 5.95 Å². The van der Waals surface area contributed by atoms with Crippen molar-refractivity contribution in [2.24, 2.45) is 0 Å². The fourth-order valence-corrected chi connectivity index (χ4v) is 2.48. The molecule has 0 aliphatic rings. The Kier molecular flexibility index (Phi) is 3.52. The fourth-order valence-electron chi connectivity index (χ4n) is 1.65. The van der Waals surface area contributed by atoms with Crippen molar-refractivity contribution >= 4 is 21.7 Å². The number of benzene rings is 1. The zero-order valence-corrected chi connectivity index (χ0v) is 11.0. The molecule has 18 heavy (non-hydrogen) atoms. The van der Waals surface area contributed by atoms with Gasteiger partial charge in [0.15, 0.2) is 5.78 Å². The van der Waals surface area contributed by atoms with Crippen molar-refractivity contribution in [3.63, 3.8) is 0 Å². The van der Waals surface area contributed by atoms with Crippen molar-refractivity contribution in [3.05, 3.63) is 52.3 Å². The van der Waals surface area contributed by atoms with Crippen molar-refractivity contribution in [1.29, 1.82) is 0 Å². The SMILES string of the molecule is CC(=O)c1ccc(F)c(-c2ccnc(F)c2)c1Br. The number of Topliss-reactive ketones (excluding diaryl/α,β-unsaturated/α-hetero) is 1. The third-order valence-corrected chi connectivity index (χ3v) is 3.31. The highest BCUT2D eigenvalue weighted by Crippen LogP contribution is 2.33. The second kappa shape index (κ2) is 4.94. The van der Waals surface area contributed by atoms with E-state index in [-0.39, 0.29) is 11.3 Å². The van der Waals surface area contributed by atoms with Crippen LogP contribution in [0.3, 0.4) is 0 Å². The summed E-state index contributed by atoms with van der Waals surface area (Å²) in [7, 11) is 0. The number of ketones is 1. The summed E-state index contributed by atoms with van der Waals surface area (Å²) in [6, 6.07) is 5.18. The summed E-state index contributed by atoms with van der Waals surface area (Å²) in [5.41, 5.74) is 0.836. The van der Waals surface area contributed by atoms with Gasteiger partial charge in [-0.3, -0.25) is 4.79 Å². The lowest BCUT2D eigenvalue weighted by molar-refractivity contribution is 0.101. The van der Waals surface area contributed by atoms with Gasteiger partial charge in [-0.15, -0.1) is 0 Å². The maximum atomic E-state index is 13.8. The van der Waals surface area contributed by atoms with Crippen molar-refractivity contribution in [2.75, 3.05) is 0 Å². The van der Waals surface area contributed by atoms with Crippen LogP contribution in [0.2, 0.25) is 0 Å². The first-order valence-electron chi connectivity index (χ1n) is 5.11. The number of nitrogens with zero attached hydrogens (tertiary/aromatic N) is 1. The lowest BCUT2D eigenvalue weighted by atomic mass is 10.0. The number of carbonyl (C=O) groups is 1. The molecule has 1 heterocycles. The predicted molar refractivity (Wildman–Crippen MR) is 67.3 cm³/mol. The molecule has 0 amide bonds. The second-order valence-electron chi connectivity index (χ2n) is 3.71. The van der Waals surface area contributed by atoms with Crippen molar-refractivity contribution in [2.45, 2.75) is 6.92 Å². The van der Waals surface area contributed by atoms with Crippen molar-refractivity contribution in [1.82, 2.24) is 4.98 Å². The van der Waals surface area contributed by atoms with Gasteiger partial charge in [0.05, 0.1) is 0 Å². The molecule has 0 saturated heterocycles. The zero-order valence-electron chi connectivity index (χ0n) is 9.38. The minimum Gasteiger partial charge on any atom is -0.294 e. The summed E-state index contributed by atoms with van der Waals surface area (Å²) in [6.07, 6.45) is 1.25. The topological polar surface area (TPSA) is 30.0 Å². The molecule has 0 saturated carbocycles. The van der Waals surface area contributed by atoms with E-state index in [0.29, 0.717) is 15.6 Å². The Balaban J connectivity index is 2.70. The Labute approximate surface area is 111 Å². The van der Waals surface area contributed by atoms with Crippen LogP contribution in [0.1, 0.15) is 17.3 Å². The molecule has 0 aliphatic carbocycles. The van der Waals surface area contributed by atoms with Crippen LogP contribution in [0.15, 0.2) is 34.9 Å². The number of halogens is 3. The quantitative estimate of drug-likeness (QED) is 0.620. The number of carbonyl (C=O) groups excluding carboxylic acids is 1. The van der Waals surface area contributed by atoms with Crippen molar-refractivity contribution < 1.29 is 13.6 Å². The van der Waals surface area contributed by atoms with E-state index in [1.807, 2.05) is 0 Å². The molecule has 0 fully saturated rings. The van der Waals surface area contributed by atoms with E-state index >= 15 is 0 Å². The third-order valence-electron chi connectivity index (χ3n) is 2.49. The first-order valence-corrected chi connectivity index (χ1v) is 5.91. The predicted octanol–water partition coefficient (Wildman–Crippen LogP) is 3.99. The molecule has 0 aliphatic heterocycles. The van der Waals surface area contributed by atoms with Crippen LogP contribution >= 0.6 is 15.9 Å². The molecule has 0 unspecified atom stereocenters. The molecule has 2 aromatic rings. The number of pyridine rings is 1. The van der Waals surface area contributed by atoms with Crippen LogP contribution in [-0.4, -0.2) is 10.8 Å². The van der Waals surface area contributed by atoms with E-state index in [4.69, 9.17) is 0 Å². The summed E-state index contributed by atoms with van der Waals surface area (Å²) in [5, 5.41) is 0. The van der Waals surface area contributed by atoms with Gasteiger partial charge in [-0.25, -0.2) is 9.37 Å². The Bertz CT molecular complexity index is 628. The summed E-state index contributed by atoms with van der Waals surface area (Å²) < 4.78 is 27.2. The largest absolute Gasteiger partial charge is 0.294 e. The molecule has 92 valence electrons. The Morgan fingerprint density at radius 1 is 1.28 bits per heavy atom. The summed E-state index contributed by atoms with van der Waals surface area (Å²) in [6.45, 7) is 1.38. The number of aromatic nitrogens is 1. The highest BCUT2D eigenvalue weighted by molar-refractivity contribution is 9.10. The number of hydrogen-bond donors (Lipinski definition) is 0. The van der Waals surface area contributed by atoms with E-state index in [2.05, 4.69) is 20.9 Å². The Morgan fingerprint density at radius 3 is 2.61 bits per heavy atom. The second-order valence-corrected chi connectivity index (χ2v) is 4.50. The summed E-state index contributed by atoms with van der Waals surface area (Å²) >= 11 is 3.19. The zero-order chi connectivity index (χ0) is 13.3. The van der Waals surface area contributed by atoms with E-state index in [1.165, 1.54) is 31.3 Å². The van der Waals surface area contributed by atoms with Crippen LogP contribution in [-0.2, 0) is 0 Å². The minimum absolute atomic E-state index is 0.156. The summed E-state index contributed by atoms with van der Waals surface area (Å²) in [4.78, 5) is 14.8. The van der Waals surface area contributed by atoms with Crippen LogP contribution in [0.25, 0.3) is 11.1 Å². The maximum Gasteiger partial charge on any atom is 0.213 e. The molecular weight excluding hydrogens is 304 g/mol. The molecule has 1 aromatic carbocycles. The molecule has 1 aromatic heterocycles. The normalized spacial score (nSPS) is 10.4. The summed E-state index contributed by atoms with van der Waals surface area (Å²) in [5.74, 6) is -1.43. The fraction of sp³-hybridized carbons (Fsp3) is 0.0769. The van der Waals surface area contributed by atoms with E-state index in [9.17, 15) is 13.6 Å². The Morgan fingerprint density at radius 2 is 2.00 bits per heavy atom. The minimum atomic E-state index is -0.702.